The fourth-order valence-corrected chi connectivity index (χ4v) is 4.54. The summed E-state index contributed by atoms with van der Waals surface area (Å²) in [5.41, 5.74) is 1.79. The maximum Gasteiger partial charge on any atom is 0.317 e. The molecule has 0 atom stereocenters. The lowest BCUT2D eigenvalue weighted by atomic mass is 10.1. The molecule has 1 aliphatic heterocycles. The van der Waals surface area contributed by atoms with Crippen LogP contribution in [-0.2, 0) is 9.59 Å². The van der Waals surface area contributed by atoms with Crippen molar-refractivity contribution >= 4 is 29.2 Å². The number of piperazine rings is 1. The zero-order chi connectivity index (χ0) is 24.0. The molecule has 0 unspecified atom stereocenters. The van der Waals surface area contributed by atoms with E-state index in [2.05, 4.69) is 15.5 Å². The summed E-state index contributed by atoms with van der Waals surface area (Å²) in [7, 11) is 0. The van der Waals surface area contributed by atoms with Crippen LogP contribution in [0.1, 0.15) is 53.4 Å². The molecule has 0 radical (unpaired) electrons. The number of urea groups is 1. The zero-order valence-corrected chi connectivity index (χ0v) is 20.5. The van der Waals surface area contributed by atoms with E-state index in [0.717, 1.165) is 50.1 Å². The number of rotatable bonds is 7. The SMILES string of the molecule is CC(C)NC(=O)N1CCN(c2ccc(NC(=O)CN(C(=O)C3CCCC3)C(C)C)cc2)CC1. The first-order valence-corrected chi connectivity index (χ1v) is 12.3. The molecule has 8 heteroatoms. The molecule has 2 aliphatic rings. The third-order valence-electron chi connectivity index (χ3n) is 6.42. The van der Waals surface area contributed by atoms with Crippen molar-refractivity contribution in [1.29, 1.82) is 0 Å². The van der Waals surface area contributed by atoms with Crippen LogP contribution in [0.25, 0.3) is 0 Å². The first-order valence-electron chi connectivity index (χ1n) is 12.3. The van der Waals surface area contributed by atoms with Crippen molar-refractivity contribution in [3.05, 3.63) is 24.3 Å². The molecule has 1 saturated heterocycles. The fourth-order valence-electron chi connectivity index (χ4n) is 4.54. The highest BCUT2D eigenvalue weighted by Crippen LogP contribution is 2.27. The normalized spacial score (nSPS) is 16.9. The summed E-state index contributed by atoms with van der Waals surface area (Å²) in [6.45, 7) is 10.8. The summed E-state index contributed by atoms with van der Waals surface area (Å²) >= 11 is 0. The van der Waals surface area contributed by atoms with E-state index in [1.165, 1.54) is 0 Å². The topological polar surface area (TPSA) is 85.0 Å². The van der Waals surface area contributed by atoms with Gasteiger partial charge in [0, 0.05) is 55.6 Å². The molecule has 4 amide bonds. The van der Waals surface area contributed by atoms with Crippen molar-refractivity contribution in [1.82, 2.24) is 15.1 Å². The van der Waals surface area contributed by atoms with Gasteiger partial charge in [-0.3, -0.25) is 9.59 Å². The van der Waals surface area contributed by atoms with Crippen LogP contribution in [0.3, 0.4) is 0 Å². The lowest BCUT2D eigenvalue weighted by molar-refractivity contribution is -0.140. The van der Waals surface area contributed by atoms with Crippen LogP contribution in [0, 0.1) is 5.92 Å². The minimum atomic E-state index is -0.174. The van der Waals surface area contributed by atoms with Gasteiger partial charge in [0.1, 0.15) is 6.54 Å². The Balaban J connectivity index is 1.50. The van der Waals surface area contributed by atoms with Gasteiger partial charge in [-0.15, -0.1) is 0 Å². The van der Waals surface area contributed by atoms with E-state index in [0.29, 0.717) is 13.1 Å². The van der Waals surface area contributed by atoms with Crippen LogP contribution in [0.15, 0.2) is 24.3 Å². The fraction of sp³-hybridized carbons (Fsp3) is 0.640. The van der Waals surface area contributed by atoms with Crippen LogP contribution >= 0.6 is 0 Å². The first-order chi connectivity index (χ1) is 15.7. The molecule has 2 fully saturated rings. The van der Waals surface area contributed by atoms with Crippen molar-refractivity contribution in [3.63, 3.8) is 0 Å². The van der Waals surface area contributed by atoms with Gasteiger partial charge in [0.2, 0.25) is 11.8 Å². The summed E-state index contributed by atoms with van der Waals surface area (Å²) in [5.74, 6) is -0.00168. The standard InChI is InChI=1S/C25H39N5O3/c1-18(2)26-25(33)29-15-13-28(14-16-29)22-11-9-21(10-12-22)27-23(31)17-30(19(3)4)24(32)20-7-5-6-8-20/h9-12,18-20H,5-8,13-17H2,1-4H3,(H,26,33)(H,27,31). The number of hydrogen-bond donors (Lipinski definition) is 2. The highest BCUT2D eigenvalue weighted by molar-refractivity contribution is 5.95. The van der Waals surface area contributed by atoms with Crippen molar-refractivity contribution in [3.8, 4) is 0 Å². The van der Waals surface area contributed by atoms with E-state index in [1.54, 1.807) is 4.90 Å². The number of benzene rings is 1. The molecular formula is C25H39N5O3. The number of anilines is 2. The first kappa shape index (κ1) is 24.9. The van der Waals surface area contributed by atoms with Crippen LogP contribution in [-0.4, -0.2) is 72.5 Å². The number of nitrogens with one attached hydrogen (secondary N) is 2. The van der Waals surface area contributed by atoms with E-state index in [1.807, 2.05) is 56.9 Å². The predicted molar refractivity (Wildman–Crippen MR) is 131 cm³/mol. The molecule has 0 spiro atoms. The second-order valence-electron chi connectivity index (χ2n) is 9.71. The van der Waals surface area contributed by atoms with Gasteiger partial charge >= 0.3 is 6.03 Å². The Bertz CT molecular complexity index is 810. The number of nitrogens with zero attached hydrogens (tertiary/aromatic N) is 3. The molecule has 1 aromatic carbocycles. The monoisotopic (exact) mass is 457 g/mol. The molecule has 3 rings (SSSR count). The van der Waals surface area contributed by atoms with Gasteiger partial charge in [-0.1, -0.05) is 12.8 Å². The number of hydrogen-bond acceptors (Lipinski definition) is 4. The average Bonchev–Trinajstić information content (AvgIpc) is 3.32. The van der Waals surface area contributed by atoms with Gasteiger partial charge in [0.15, 0.2) is 0 Å². The molecule has 8 nitrogen and oxygen atoms in total. The van der Waals surface area contributed by atoms with E-state index >= 15 is 0 Å². The quantitative estimate of drug-likeness (QED) is 0.658. The van der Waals surface area contributed by atoms with E-state index in [9.17, 15) is 14.4 Å². The van der Waals surface area contributed by atoms with Gasteiger partial charge in [0.25, 0.3) is 0 Å². The lowest BCUT2D eigenvalue weighted by Crippen LogP contribution is -2.52. The second kappa shape index (κ2) is 11.4. The molecule has 1 aliphatic carbocycles. The zero-order valence-electron chi connectivity index (χ0n) is 20.5. The van der Waals surface area contributed by atoms with Crippen molar-refractivity contribution in [2.24, 2.45) is 5.92 Å². The molecule has 0 bridgehead atoms. The highest BCUT2D eigenvalue weighted by Gasteiger charge is 2.30. The Kier molecular flexibility index (Phi) is 8.58. The summed E-state index contributed by atoms with van der Waals surface area (Å²) in [6, 6.07) is 7.88. The molecule has 0 aromatic heterocycles. The van der Waals surface area contributed by atoms with Gasteiger partial charge in [-0.05, 0) is 64.8 Å². The summed E-state index contributed by atoms with van der Waals surface area (Å²) < 4.78 is 0. The van der Waals surface area contributed by atoms with E-state index in [4.69, 9.17) is 0 Å². The average molecular weight is 458 g/mol. The molecule has 1 saturated carbocycles. The van der Waals surface area contributed by atoms with E-state index < -0.39 is 0 Å². The summed E-state index contributed by atoms with van der Waals surface area (Å²) in [4.78, 5) is 43.4. The number of amides is 4. The predicted octanol–water partition coefficient (Wildman–Crippen LogP) is 3.29. The van der Waals surface area contributed by atoms with Crippen LogP contribution in [0.2, 0.25) is 0 Å². The Morgan fingerprint density at radius 1 is 0.970 bits per heavy atom. The van der Waals surface area contributed by atoms with Crippen LogP contribution < -0.4 is 15.5 Å². The van der Waals surface area contributed by atoms with E-state index in [-0.39, 0.29) is 42.4 Å². The smallest absolute Gasteiger partial charge is 0.317 e. The second-order valence-corrected chi connectivity index (χ2v) is 9.71. The van der Waals surface area contributed by atoms with Gasteiger partial charge < -0.3 is 25.3 Å². The van der Waals surface area contributed by atoms with Crippen molar-refractivity contribution in [2.45, 2.75) is 65.5 Å². The summed E-state index contributed by atoms with van der Waals surface area (Å²) in [6.07, 6.45) is 4.06. The largest absolute Gasteiger partial charge is 0.368 e. The third-order valence-corrected chi connectivity index (χ3v) is 6.42. The maximum absolute atomic E-state index is 12.8. The molecule has 2 N–H and O–H groups in total. The molecule has 1 aromatic rings. The van der Waals surface area contributed by atoms with Crippen molar-refractivity contribution < 1.29 is 14.4 Å². The summed E-state index contributed by atoms with van der Waals surface area (Å²) in [5, 5.41) is 5.87. The molecule has 1 heterocycles. The Hall–Kier alpha value is -2.77. The van der Waals surface area contributed by atoms with Crippen molar-refractivity contribution in [2.75, 3.05) is 42.9 Å². The van der Waals surface area contributed by atoms with Gasteiger partial charge in [-0.25, -0.2) is 4.79 Å². The minimum absolute atomic E-state index is 0.00693. The highest BCUT2D eigenvalue weighted by atomic mass is 16.2. The number of carbonyl (C=O) groups excluding carboxylic acids is 3. The van der Waals surface area contributed by atoms with Gasteiger partial charge in [0.05, 0.1) is 0 Å². The Morgan fingerprint density at radius 3 is 2.12 bits per heavy atom. The number of carbonyl (C=O) groups is 3. The third kappa shape index (κ3) is 6.85. The van der Waals surface area contributed by atoms with Gasteiger partial charge in [-0.2, -0.15) is 0 Å². The molecular weight excluding hydrogens is 418 g/mol. The Morgan fingerprint density at radius 2 is 1.58 bits per heavy atom. The Labute approximate surface area is 197 Å². The van der Waals surface area contributed by atoms with Crippen LogP contribution in [0.5, 0.6) is 0 Å². The minimum Gasteiger partial charge on any atom is -0.368 e. The lowest BCUT2D eigenvalue weighted by Gasteiger charge is -2.36. The molecule has 33 heavy (non-hydrogen) atoms. The molecule has 182 valence electrons. The van der Waals surface area contributed by atoms with Crippen LogP contribution in [0.4, 0.5) is 16.2 Å². The maximum atomic E-state index is 12.8.